The molecule has 6 heteroatoms. The molecule has 29 heavy (non-hydrogen) atoms. The average Bonchev–Trinajstić information content (AvgIpc) is 2.63. The van der Waals surface area contributed by atoms with Crippen LogP contribution in [0.1, 0.15) is 37.7 Å². The Morgan fingerprint density at radius 2 is 1.72 bits per heavy atom. The van der Waals surface area contributed by atoms with E-state index in [0.717, 1.165) is 31.2 Å². The minimum absolute atomic E-state index is 0.0172. The van der Waals surface area contributed by atoms with E-state index in [9.17, 15) is 14.0 Å². The van der Waals surface area contributed by atoms with Crippen LogP contribution >= 0.6 is 23.2 Å². The molecule has 0 heterocycles. The molecule has 2 bridgehead atoms. The van der Waals surface area contributed by atoms with Gasteiger partial charge in [-0.25, -0.2) is 4.39 Å². The summed E-state index contributed by atoms with van der Waals surface area (Å²) in [6.07, 6.45) is 4.03. The van der Waals surface area contributed by atoms with Gasteiger partial charge >= 0.3 is 0 Å². The zero-order chi connectivity index (χ0) is 20.6. The highest BCUT2D eigenvalue weighted by Crippen LogP contribution is 2.75. The Morgan fingerprint density at radius 3 is 2.38 bits per heavy atom. The molecule has 152 valence electrons. The molecule has 2 aromatic rings. The Labute approximate surface area is 179 Å². The predicted molar refractivity (Wildman–Crippen MR) is 110 cm³/mol. The fourth-order valence-electron chi connectivity index (χ4n) is 4.86. The van der Waals surface area contributed by atoms with E-state index in [1.165, 1.54) is 18.2 Å². The van der Waals surface area contributed by atoms with E-state index < -0.39 is 5.82 Å². The van der Waals surface area contributed by atoms with Crippen LogP contribution in [0.4, 0.5) is 4.39 Å². The van der Waals surface area contributed by atoms with Crippen LogP contribution in [0, 0.1) is 16.6 Å². The van der Waals surface area contributed by atoms with Crippen molar-refractivity contribution >= 4 is 34.8 Å². The van der Waals surface area contributed by atoms with Gasteiger partial charge in [-0.3, -0.25) is 9.59 Å². The molecule has 0 saturated heterocycles. The molecule has 0 spiro atoms. The summed E-state index contributed by atoms with van der Waals surface area (Å²) in [5.41, 5.74) is 0.851. The minimum atomic E-state index is -0.574. The number of ether oxygens (including phenoxy) is 1. The molecule has 3 nitrogen and oxygen atoms in total. The van der Waals surface area contributed by atoms with Gasteiger partial charge in [-0.2, -0.15) is 0 Å². The van der Waals surface area contributed by atoms with E-state index >= 15 is 0 Å². The Morgan fingerprint density at radius 1 is 1.03 bits per heavy atom. The Hall–Kier alpha value is -1.91. The third-order valence-corrected chi connectivity index (χ3v) is 6.71. The van der Waals surface area contributed by atoms with Crippen molar-refractivity contribution in [2.24, 2.45) is 10.8 Å². The van der Waals surface area contributed by atoms with E-state index in [4.69, 9.17) is 27.9 Å². The van der Waals surface area contributed by atoms with Crippen molar-refractivity contribution in [2.45, 2.75) is 38.5 Å². The van der Waals surface area contributed by atoms with Gasteiger partial charge < -0.3 is 4.74 Å². The van der Waals surface area contributed by atoms with Crippen molar-refractivity contribution in [3.63, 3.8) is 0 Å². The number of rotatable bonds is 9. The van der Waals surface area contributed by atoms with E-state index in [1.807, 2.05) is 24.3 Å². The number of halogens is 3. The lowest BCUT2D eigenvalue weighted by atomic mass is 9.33. The summed E-state index contributed by atoms with van der Waals surface area (Å²) in [5, 5.41) is 0.708. The molecule has 0 aromatic heterocycles. The molecule has 2 aromatic carbocycles. The monoisotopic (exact) mass is 434 g/mol. The van der Waals surface area contributed by atoms with Crippen molar-refractivity contribution < 1.29 is 18.7 Å². The third-order valence-electron chi connectivity index (χ3n) is 6.15. The van der Waals surface area contributed by atoms with Crippen LogP contribution < -0.4 is 4.74 Å². The lowest BCUT2D eigenvalue weighted by molar-refractivity contribution is -0.208. The van der Waals surface area contributed by atoms with Crippen molar-refractivity contribution in [3.8, 4) is 5.75 Å². The maximum absolute atomic E-state index is 13.4. The number of ketones is 2. The molecule has 3 fully saturated rings. The van der Waals surface area contributed by atoms with Crippen molar-refractivity contribution in [3.05, 3.63) is 63.9 Å². The van der Waals surface area contributed by atoms with Crippen LogP contribution in [0.3, 0.4) is 0 Å². The van der Waals surface area contributed by atoms with Gasteiger partial charge in [-0.15, -0.1) is 0 Å². The quantitative estimate of drug-likeness (QED) is 0.497. The molecule has 3 saturated carbocycles. The number of carbonyl (C=O) groups is 2. The zero-order valence-corrected chi connectivity index (χ0v) is 17.4. The van der Waals surface area contributed by atoms with E-state index in [1.54, 1.807) is 0 Å². The van der Waals surface area contributed by atoms with Crippen molar-refractivity contribution in [1.29, 1.82) is 0 Å². The first-order valence-electron chi connectivity index (χ1n) is 9.67. The highest BCUT2D eigenvalue weighted by Gasteiger charge is 2.70. The summed E-state index contributed by atoms with van der Waals surface area (Å²) in [7, 11) is 0. The molecule has 0 amide bonds. The van der Waals surface area contributed by atoms with Gasteiger partial charge in [-0.05, 0) is 60.9 Å². The lowest BCUT2D eigenvalue weighted by Gasteiger charge is -2.70. The Bertz CT molecular complexity index is 935. The second-order valence-corrected chi connectivity index (χ2v) is 9.28. The minimum Gasteiger partial charge on any atom is -0.486 e. The standard InChI is InChI=1S/C23H21Cl2FO3/c24-16-4-1-15(2-5-16)3-8-21(28)23-12-22(13-23,14-23)10-17(27)11-29-18-6-7-19(25)20(26)9-18/h1-2,4-7,9H,3,8,10-14H2. The summed E-state index contributed by atoms with van der Waals surface area (Å²) in [5.74, 6) is -0.0151. The first kappa shape index (κ1) is 20.4. The topological polar surface area (TPSA) is 43.4 Å². The van der Waals surface area contributed by atoms with Crippen molar-refractivity contribution in [2.75, 3.05) is 6.61 Å². The lowest BCUT2D eigenvalue weighted by Crippen LogP contribution is -2.65. The first-order valence-corrected chi connectivity index (χ1v) is 10.4. The first-order chi connectivity index (χ1) is 13.8. The second kappa shape index (κ2) is 7.73. The summed E-state index contributed by atoms with van der Waals surface area (Å²) in [6.45, 7) is -0.0969. The van der Waals surface area contributed by atoms with E-state index in [2.05, 4.69) is 0 Å². The summed E-state index contributed by atoms with van der Waals surface area (Å²) < 4.78 is 18.8. The van der Waals surface area contributed by atoms with Crippen LogP contribution in [0.15, 0.2) is 42.5 Å². The molecule has 0 unspecified atom stereocenters. The van der Waals surface area contributed by atoms with Crippen LogP contribution in [0.2, 0.25) is 10.0 Å². The Balaban J connectivity index is 1.21. The molecular formula is C23H21Cl2FO3. The van der Waals surface area contributed by atoms with Gasteiger partial charge in [0, 0.05) is 29.3 Å². The molecule has 3 aliphatic rings. The van der Waals surface area contributed by atoms with Gasteiger partial charge in [0.2, 0.25) is 0 Å². The number of hydrogen-bond acceptors (Lipinski definition) is 3. The molecule has 0 N–H and O–H groups in total. The van der Waals surface area contributed by atoms with Crippen LogP contribution in [0.5, 0.6) is 5.75 Å². The van der Waals surface area contributed by atoms with Gasteiger partial charge in [-0.1, -0.05) is 35.3 Å². The van der Waals surface area contributed by atoms with Gasteiger partial charge in [0.15, 0.2) is 5.78 Å². The van der Waals surface area contributed by atoms with Crippen LogP contribution in [-0.2, 0) is 16.0 Å². The normalized spacial score (nSPS) is 24.4. The molecule has 0 radical (unpaired) electrons. The van der Waals surface area contributed by atoms with E-state index in [0.29, 0.717) is 23.6 Å². The summed E-state index contributed by atoms with van der Waals surface area (Å²) >= 11 is 11.5. The second-order valence-electron chi connectivity index (χ2n) is 8.44. The largest absolute Gasteiger partial charge is 0.486 e. The maximum atomic E-state index is 13.4. The Kier molecular flexibility index (Phi) is 5.43. The zero-order valence-electron chi connectivity index (χ0n) is 15.8. The maximum Gasteiger partial charge on any atom is 0.170 e. The number of carbonyl (C=O) groups excluding carboxylic acids is 2. The molecular weight excluding hydrogens is 414 g/mol. The smallest absolute Gasteiger partial charge is 0.170 e. The predicted octanol–water partition coefficient (Wildman–Crippen LogP) is 5.84. The fraction of sp³-hybridized carbons (Fsp3) is 0.391. The van der Waals surface area contributed by atoms with Crippen molar-refractivity contribution in [1.82, 2.24) is 0 Å². The fourth-order valence-corrected chi connectivity index (χ4v) is 5.10. The van der Waals surface area contributed by atoms with Gasteiger partial charge in [0.25, 0.3) is 0 Å². The van der Waals surface area contributed by atoms with Crippen LogP contribution in [0.25, 0.3) is 0 Å². The molecule has 5 rings (SSSR count). The number of hydrogen-bond donors (Lipinski definition) is 0. The third kappa shape index (κ3) is 4.19. The summed E-state index contributed by atoms with van der Waals surface area (Å²) in [4.78, 5) is 24.9. The summed E-state index contributed by atoms with van der Waals surface area (Å²) in [6, 6.07) is 11.7. The number of benzene rings is 2. The van der Waals surface area contributed by atoms with Gasteiger partial charge in [0.1, 0.15) is 24.0 Å². The number of aryl methyl sites for hydroxylation is 1. The highest BCUT2D eigenvalue weighted by molar-refractivity contribution is 6.30. The molecule has 3 aliphatic carbocycles. The molecule has 0 aliphatic heterocycles. The number of Topliss-reactive ketones (excluding diaryl/α,β-unsaturated/α-hetero) is 2. The highest BCUT2D eigenvalue weighted by atomic mass is 35.5. The average molecular weight is 435 g/mol. The van der Waals surface area contributed by atoms with E-state index in [-0.39, 0.29) is 34.0 Å². The van der Waals surface area contributed by atoms with Gasteiger partial charge in [0.05, 0.1) is 5.02 Å². The molecule has 0 atom stereocenters. The van der Waals surface area contributed by atoms with Crippen LogP contribution in [-0.4, -0.2) is 18.2 Å². The SMILES string of the molecule is O=C(COc1ccc(Cl)c(F)c1)CC12CC(C(=O)CCc3ccc(Cl)cc3)(C1)C2.